The first kappa shape index (κ1) is 21.1. The maximum atomic E-state index is 13.3. The van der Waals surface area contributed by atoms with Crippen molar-refractivity contribution in [3.63, 3.8) is 0 Å². The molecule has 166 valence electrons. The molecule has 1 N–H and O–H groups in total. The number of rotatable bonds is 8. The van der Waals surface area contributed by atoms with Crippen LogP contribution in [0.4, 0.5) is 0 Å². The molecule has 2 heterocycles. The third-order valence-electron chi connectivity index (χ3n) is 5.86. The predicted octanol–water partition coefficient (Wildman–Crippen LogP) is 2.27. The number of methoxy groups -OCH3 is 2. The Bertz CT molecular complexity index is 917. The van der Waals surface area contributed by atoms with Crippen molar-refractivity contribution in [1.82, 2.24) is 25.2 Å². The van der Waals surface area contributed by atoms with E-state index in [1.165, 1.54) is 0 Å². The molecule has 1 aromatic heterocycles. The van der Waals surface area contributed by atoms with Gasteiger partial charge < -0.3 is 19.7 Å². The maximum Gasteiger partial charge on any atom is 0.273 e. The van der Waals surface area contributed by atoms with Gasteiger partial charge in [0.25, 0.3) is 11.8 Å². The zero-order chi connectivity index (χ0) is 21.8. The summed E-state index contributed by atoms with van der Waals surface area (Å²) in [4.78, 5) is 27.3. The van der Waals surface area contributed by atoms with Crippen molar-refractivity contribution in [1.29, 1.82) is 0 Å². The van der Waals surface area contributed by atoms with Crippen LogP contribution in [0.1, 0.15) is 59.4 Å². The second-order valence-corrected chi connectivity index (χ2v) is 8.15. The van der Waals surface area contributed by atoms with Crippen LogP contribution in [0.15, 0.2) is 24.4 Å². The summed E-state index contributed by atoms with van der Waals surface area (Å²) in [5.41, 5.74) is 0.898. The molecule has 2 fully saturated rings. The molecule has 9 nitrogen and oxygen atoms in total. The van der Waals surface area contributed by atoms with Gasteiger partial charge in [-0.15, -0.1) is 5.10 Å². The summed E-state index contributed by atoms with van der Waals surface area (Å²) >= 11 is 0. The van der Waals surface area contributed by atoms with Crippen molar-refractivity contribution in [3.05, 3.63) is 35.7 Å². The first-order valence-corrected chi connectivity index (χ1v) is 10.8. The molecule has 1 atom stereocenters. The molecule has 1 unspecified atom stereocenters. The Morgan fingerprint density at radius 2 is 1.84 bits per heavy atom. The molecule has 1 aromatic carbocycles. The highest BCUT2D eigenvalue weighted by molar-refractivity contribution is 5.95. The normalized spacial score (nSPS) is 18.5. The maximum absolute atomic E-state index is 13.3. The van der Waals surface area contributed by atoms with Crippen LogP contribution in [-0.2, 0) is 6.54 Å². The van der Waals surface area contributed by atoms with Crippen molar-refractivity contribution in [2.24, 2.45) is 0 Å². The Balaban J connectivity index is 1.41. The van der Waals surface area contributed by atoms with Crippen molar-refractivity contribution < 1.29 is 19.1 Å². The smallest absolute Gasteiger partial charge is 0.273 e. The van der Waals surface area contributed by atoms with Crippen molar-refractivity contribution in [3.8, 4) is 11.5 Å². The number of carbonyl (C=O) groups is 2. The number of likely N-dealkylation sites (tertiary alicyclic amines) is 1. The summed E-state index contributed by atoms with van der Waals surface area (Å²) in [6.45, 7) is 1.31. The topological polar surface area (TPSA) is 98.6 Å². The van der Waals surface area contributed by atoms with Gasteiger partial charge >= 0.3 is 0 Å². The molecule has 2 aromatic rings. The van der Waals surface area contributed by atoms with Crippen LogP contribution in [0.3, 0.4) is 0 Å². The quantitative estimate of drug-likeness (QED) is 0.694. The average Bonchev–Trinajstić information content (AvgIpc) is 3.49. The van der Waals surface area contributed by atoms with Crippen LogP contribution in [0.2, 0.25) is 0 Å². The van der Waals surface area contributed by atoms with Gasteiger partial charge in [-0.05, 0) is 50.7 Å². The molecule has 2 aliphatic rings. The monoisotopic (exact) mass is 427 g/mol. The number of nitrogens with one attached hydrogen (secondary N) is 1. The number of nitrogens with zero attached hydrogens (tertiary/aromatic N) is 4. The number of aryl methyl sites for hydroxylation is 1. The molecule has 31 heavy (non-hydrogen) atoms. The third kappa shape index (κ3) is 5.15. The minimum absolute atomic E-state index is 0.0232. The van der Waals surface area contributed by atoms with Gasteiger partial charge in [-0.25, -0.2) is 0 Å². The number of hydrogen-bond acceptors (Lipinski definition) is 6. The zero-order valence-electron chi connectivity index (χ0n) is 18.0. The number of ether oxygens (including phenoxy) is 2. The van der Waals surface area contributed by atoms with Crippen molar-refractivity contribution >= 4 is 11.8 Å². The molecule has 9 heteroatoms. The molecule has 1 saturated carbocycles. The molecule has 2 amide bonds. The Kier molecular flexibility index (Phi) is 6.39. The summed E-state index contributed by atoms with van der Waals surface area (Å²) in [6.07, 6.45) is 7.51. The predicted molar refractivity (Wildman–Crippen MR) is 113 cm³/mol. The van der Waals surface area contributed by atoms with E-state index in [0.717, 1.165) is 45.1 Å². The number of aromatic nitrogens is 3. The van der Waals surface area contributed by atoms with Gasteiger partial charge in [0.15, 0.2) is 5.69 Å². The Hall–Kier alpha value is -3.10. The van der Waals surface area contributed by atoms with E-state index >= 15 is 0 Å². The molecule has 0 spiro atoms. The van der Waals surface area contributed by atoms with Crippen LogP contribution in [0.25, 0.3) is 0 Å². The lowest BCUT2D eigenvalue weighted by atomic mass is 9.98. The summed E-state index contributed by atoms with van der Waals surface area (Å²) < 4.78 is 12.3. The van der Waals surface area contributed by atoms with E-state index in [1.807, 2.05) is 4.90 Å². The van der Waals surface area contributed by atoms with Gasteiger partial charge in [-0.3, -0.25) is 14.3 Å². The third-order valence-corrected chi connectivity index (χ3v) is 5.86. The highest BCUT2D eigenvalue weighted by Gasteiger charge is 2.28. The minimum atomic E-state index is -0.171. The lowest BCUT2D eigenvalue weighted by Crippen LogP contribution is -2.44. The molecular formula is C22H29N5O4. The Labute approximate surface area is 181 Å². The van der Waals surface area contributed by atoms with Crippen LogP contribution >= 0.6 is 0 Å². The van der Waals surface area contributed by atoms with Gasteiger partial charge in [0.1, 0.15) is 11.5 Å². The molecular weight excluding hydrogens is 398 g/mol. The van der Waals surface area contributed by atoms with E-state index < -0.39 is 0 Å². The second-order valence-electron chi connectivity index (χ2n) is 8.15. The van der Waals surface area contributed by atoms with E-state index in [2.05, 4.69) is 15.6 Å². The molecule has 4 rings (SSSR count). The van der Waals surface area contributed by atoms with Gasteiger partial charge in [-0.1, -0.05) is 5.21 Å². The SMILES string of the molecule is COc1cc(OC)cc(C(=O)N2CCCCC2CCn2cc(C(=O)NC3CC3)nn2)c1. The van der Waals surface area contributed by atoms with Crippen LogP contribution in [-0.4, -0.2) is 64.6 Å². The standard InChI is InChI=1S/C22H29N5O4/c1-30-18-11-15(12-19(13-18)31-2)22(29)27-9-4-3-5-17(27)8-10-26-14-20(24-25-26)21(28)23-16-6-7-16/h11-14,16-17H,3-10H2,1-2H3,(H,23,28). The van der Waals surface area contributed by atoms with E-state index in [-0.39, 0.29) is 23.9 Å². The summed E-state index contributed by atoms with van der Waals surface area (Å²) in [5.74, 6) is 0.993. The summed E-state index contributed by atoms with van der Waals surface area (Å²) in [5, 5.41) is 11.0. The first-order valence-electron chi connectivity index (χ1n) is 10.8. The molecule has 0 radical (unpaired) electrons. The number of benzene rings is 1. The molecule has 1 aliphatic heterocycles. The second kappa shape index (κ2) is 9.36. The fraction of sp³-hybridized carbons (Fsp3) is 0.545. The van der Waals surface area contributed by atoms with Crippen LogP contribution < -0.4 is 14.8 Å². The minimum Gasteiger partial charge on any atom is -0.497 e. The van der Waals surface area contributed by atoms with Crippen LogP contribution in [0, 0.1) is 0 Å². The highest BCUT2D eigenvalue weighted by Crippen LogP contribution is 2.27. The van der Waals surface area contributed by atoms with Gasteiger partial charge in [0, 0.05) is 36.8 Å². The van der Waals surface area contributed by atoms with Crippen LogP contribution in [0.5, 0.6) is 11.5 Å². The van der Waals surface area contributed by atoms with E-state index in [0.29, 0.717) is 29.3 Å². The largest absolute Gasteiger partial charge is 0.497 e. The van der Waals surface area contributed by atoms with E-state index in [9.17, 15) is 9.59 Å². The fourth-order valence-electron chi connectivity index (χ4n) is 3.94. The Morgan fingerprint density at radius 1 is 1.10 bits per heavy atom. The highest BCUT2D eigenvalue weighted by atomic mass is 16.5. The first-order chi connectivity index (χ1) is 15.1. The van der Waals surface area contributed by atoms with Gasteiger partial charge in [-0.2, -0.15) is 0 Å². The number of carbonyl (C=O) groups excluding carboxylic acids is 2. The van der Waals surface area contributed by atoms with Gasteiger partial charge in [0.2, 0.25) is 0 Å². The van der Waals surface area contributed by atoms with E-state index in [4.69, 9.17) is 9.47 Å². The average molecular weight is 428 g/mol. The molecule has 1 saturated heterocycles. The zero-order valence-corrected chi connectivity index (χ0v) is 18.0. The van der Waals surface area contributed by atoms with Crippen molar-refractivity contribution in [2.45, 2.75) is 57.2 Å². The fourth-order valence-corrected chi connectivity index (χ4v) is 3.94. The summed E-state index contributed by atoms with van der Waals surface area (Å²) in [7, 11) is 3.15. The molecule has 0 bridgehead atoms. The number of hydrogen-bond donors (Lipinski definition) is 1. The number of amides is 2. The summed E-state index contributed by atoms with van der Waals surface area (Å²) in [6, 6.07) is 5.64. The molecule has 1 aliphatic carbocycles. The Morgan fingerprint density at radius 3 is 2.52 bits per heavy atom. The van der Waals surface area contributed by atoms with E-state index in [1.54, 1.807) is 43.3 Å². The van der Waals surface area contributed by atoms with Gasteiger partial charge in [0.05, 0.1) is 20.4 Å². The lowest BCUT2D eigenvalue weighted by Gasteiger charge is -2.36. The van der Waals surface area contributed by atoms with Crippen molar-refractivity contribution in [2.75, 3.05) is 20.8 Å². The lowest BCUT2D eigenvalue weighted by molar-refractivity contribution is 0.0593. The number of piperidine rings is 1.